The van der Waals surface area contributed by atoms with Crippen LogP contribution in [0.2, 0.25) is 0 Å². The Morgan fingerprint density at radius 3 is 2.44 bits per heavy atom. The molecule has 0 saturated heterocycles. The minimum atomic E-state index is -0.112. The molecule has 25 heavy (non-hydrogen) atoms. The lowest BCUT2D eigenvalue weighted by atomic mass is 9.99. The second kappa shape index (κ2) is 7.54. The monoisotopic (exact) mass is 344 g/mol. The summed E-state index contributed by atoms with van der Waals surface area (Å²) < 4.78 is 2.01. The number of pyridine rings is 1. The maximum absolute atomic E-state index is 12.0. The number of hydrogen-bond donors (Lipinski definition) is 1. The van der Waals surface area contributed by atoms with Crippen molar-refractivity contribution in [2.75, 3.05) is 6.54 Å². The molecule has 1 amide bonds. The standard InChI is InChI=1S/C20H32N4O/c1-8-9-12-21-17(25)11-10-16-13(2)18-15(4)23-24(20(5,6)7)19(18)22-14(16)3/h8-12H2,1-7H3,(H,21,25). The van der Waals surface area contributed by atoms with Crippen molar-refractivity contribution in [3.05, 3.63) is 22.5 Å². The summed E-state index contributed by atoms with van der Waals surface area (Å²) in [5, 5.41) is 8.84. The van der Waals surface area contributed by atoms with E-state index in [2.05, 4.69) is 39.9 Å². The van der Waals surface area contributed by atoms with E-state index in [-0.39, 0.29) is 11.4 Å². The number of carbonyl (C=O) groups is 1. The summed E-state index contributed by atoms with van der Waals surface area (Å²) in [6.45, 7) is 15.5. The third-order valence-electron chi connectivity index (χ3n) is 4.66. The van der Waals surface area contributed by atoms with Crippen molar-refractivity contribution in [2.24, 2.45) is 0 Å². The van der Waals surface area contributed by atoms with E-state index < -0.39 is 0 Å². The Morgan fingerprint density at radius 2 is 1.84 bits per heavy atom. The molecule has 138 valence electrons. The molecule has 0 radical (unpaired) electrons. The zero-order valence-electron chi connectivity index (χ0n) is 16.8. The van der Waals surface area contributed by atoms with Crippen LogP contribution in [0.1, 0.15) is 69.5 Å². The number of nitrogens with zero attached hydrogens (tertiary/aromatic N) is 3. The fraction of sp³-hybridized carbons (Fsp3) is 0.650. The smallest absolute Gasteiger partial charge is 0.220 e. The molecule has 0 fully saturated rings. The van der Waals surface area contributed by atoms with Gasteiger partial charge in [-0.25, -0.2) is 9.67 Å². The highest BCUT2D eigenvalue weighted by Gasteiger charge is 2.23. The molecule has 2 aromatic rings. The van der Waals surface area contributed by atoms with Crippen LogP contribution in [0.4, 0.5) is 0 Å². The first-order valence-corrected chi connectivity index (χ1v) is 9.29. The van der Waals surface area contributed by atoms with Crippen LogP contribution in [-0.4, -0.2) is 27.2 Å². The zero-order valence-corrected chi connectivity index (χ0v) is 16.8. The quantitative estimate of drug-likeness (QED) is 0.807. The van der Waals surface area contributed by atoms with Gasteiger partial charge in [-0.3, -0.25) is 4.79 Å². The van der Waals surface area contributed by atoms with E-state index in [1.54, 1.807) is 0 Å². The van der Waals surface area contributed by atoms with E-state index in [1.165, 1.54) is 11.1 Å². The van der Waals surface area contributed by atoms with Gasteiger partial charge in [-0.15, -0.1) is 0 Å². The van der Waals surface area contributed by atoms with Crippen LogP contribution in [0.15, 0.2) is 0 Å². The van der Waals surface area contributed by atoms with Gasteiger partial charge in [0.05, 0.1) is 11.2 Å². The van der Waals surface area contributed by atoms with Crippen LogP contribution in [0.5, 0.6) is 0 Å². The fourth-order valence-corrected chi connectivity index (χ4v) is 3.27. The Kier molecular flexibility index (Phi) is 5.86. The molecule has 0 spiro atoms. The molecule has 0 aliphatic rings. The molecule has 0 atom stereocenters. The number of aromatic nitrogens is 3. The topological polar surface area (TPSA) is 59.8 Å². The lowest BCUT2D eigenvalue weighted by Crippen LogP contribution is -2.25. The van der Waals surface area contributed by atoms with Crippen LogP contribution in [0.3, 0.4) is 0 Å². The third-order valence-corrected chi connectivity index (χ3v) is 4.66. The minimum absolute atomic E-state index is 0.112. The molecule has 5 nitrogen and oxygen atoms in total. The van der Waals surface area contributed by atoms with E-state index in [0.29, 0.717) is 6.42 Å². The highest BCUT2D eigenvalue weighted by atomic mass is 16.1. The molecule has 1 N–H and O–H groups in total. The van der Waals surface area contributed by atoms with Crippen LogP contribution in [-0.2, 0) is 16.8 Å². The summed E-state index contributed by atoms with van der Waals surface area (Å²) in [6, 6.07) is 0. The molecule has 0 unspecified atom stereocenters. The summed E-state index contributed by atoms with van der Waals surface area (Å²) in [6.07, 6.45) is 3.35. The first-order chi connectivity index (χ1) is 11.7. The van der Waals surface area contributed by atoms with Crippen LogP contribution in [0.25, 0.3) is 11.0 Å². The Hall–Kier alpha value is -1.91. The maximum atomic E-state index is 12.0. The lowest BCUT2D eigenvalue weighted by molar-refractivity contribution is -0.121. The van der Waals surface area contributed by atoms with Gasteiger partial charge in [-0.1, -0.05) is 13.3 Å². The van der Waals surface area contributed by atoms with E-state index in [0.717, 1.165) is 48.2 Å². The van der Waals surface area contributed by atoms with Gasteiger partial charge < -0.3 is 5.32 Å². The van der Waals surface area contributed by atoms with Gasteiger partial charge in [-0.2, -0.15) is 5.10 Å². The van der Waals surface area contributed by atoms with Crippen LogP contribution >= 0.6 is 0 Å². The van der Waals surface area contributed by atoms with Crippen molar-refractivity contribution in [1.82, 2.24) is 20.1 Å². The van der Waals surface area contributed by atoms with Gasteiger partial charge >= 0.3 is 0 Å². The van der Waals surface area contributed by atoms with E-state index >= 15 is 0 Å². The first-order valence-electron chi connectivity index (χ1n) is 9.29. The number of fused-ring (bicyclic) bond motifs is 1. The summed E-state index contributed by atoms with van der Waals surface area (Å²) in [5.41, 5.74) is 5.21. The summed E-state index contributed by atoms with van der Waals surface area (Å²) in [7, 11) is 0. The Labute approximate surface area is 151 Å². The third kappa shape index (κ3) is 4.20. The van der Waals surface area contributed by atoms with Crippen molar-refractivity contribution < 1.29 is 4.79 Å². The average molecular weight is 345 g/mol. The van der Waals surface area contributed by atoms with Gasteiger partial charge in [0.15, 0.2) is 5.65 Å². The van der Waals surface area contributed by atoms with E-state index in [4.69, 9.17) is 10.1 Å². The highest BCUT2D eigenvalue weighted by molar-refractivity contribution is 5.84. The summed E-state index contributed by atoms with van der Waals surface area (Å²) in [4.78, 5) is 16.9. The molecule has 0 saturated carbocycles. The van der Waals surface area contributed by atoms with Crippen molar-refractivity contribution >= 4 is 16.9 Å². The Bertz CT molecular complexity index is 768. The number of nitrogens with one attached hydrogen (secondary N) is 1. The van der Waals surface area contributed by atoms with Gasteiger partial charge in [0.1, 0.15) is 0 Å². The number of hydrogen-bond acceptors (Lipinski definition) is 3. The molecule has 0 aliphatic heterocycles. The van der Waals surface area contributed by atoms with Crippen molar-refractivity contribution in [1.29, 1.82) is 0 Å². The van der Waals surface area contributed by atoms with Crippen LogP contribution in [0, 0.1) is 20.8 Å². The molecule has 0 aliphatic carbocycles. The normalized spacial score (nSPS) is 12.0. The van der Waals surface area contributed by atoms with Gasteiger partial charge in [0.25, 0.3) is 0 Å². The van der Waals surface area contributed by atoms with Gasteiger partial charge in [0, 0.05) is 24.0 Å². The van der Waals surface area contributed by atoms with E-state index in [1.807, 2.05) is 18.5 Å². The molecular weight excluding hydrogens is 312 g/mol. The van der Waals surface area contributed by atoms with Gasteiger partial charge in [0.2, 0.25) is 5.91 Å². The van der Waals surface area contributed by atoms with Crippen LogP contribution < -0.4 is 5.32 Å². The zero-order chi connectivity index (χ0) is 18.8. The number of aryl methyl sites for hydroxylation is 3. The predicted octanol–water partition coefficient (Wildman–Crippen LogP) is 3.96. The maximum Gasteiger partial charge on any atom is 0.220 e. The number of amides is 1. The fourth-order valence-electron chi connectivity index (χ4n) is 3.27. The second-order valence-corrected chi connectivity index (χ2v) is 7.87. The molecule has 2 heterocycles. The highest BCUT2D eigenvalue weighted by Crippen LogP contribution is 2.29. The summed E-state index contributed by atoms with van der Waals surface area (Å²) in [5.74, 6) is 0.120. The molecule has 0 aromatic carbocycles. The molecule has 2 rings (SSSR count). The molecule has 2 aromatic heterocycles. The molecular formula is C20H32N4O. The largest absolute Gasteiger partial charge is 0.356 e. The van der Waals surface area contributed by atoms with Crippen molar-refractivity contribution in [3.63, 3.8) is 0 Å². The van der Waals surface area contributed by atoms with Gasteiger partial charge in [-0.05, 0) is 65.5 Å². The summed E-state index contributed by atoms with van der Waals surface area (Å²) >= 11 is 0. The van der Waals surface area contributed by atoms with Crippen molar-refractivity contribution in [3.8, 4) is 0 Å². The van der Waals surface area contributed by atoms with E-state index in [9.17, 15) is 4.79 Å². The SMILES string of the molecule is CCCCNC(=O)CCc1c(C)nc2c(c(C)nn2C(C)(C)C)c1C. The minimum Gasteiger partial charge on any atom is -0.356 e. The second-order valence-electron chi connectivity index (χ2n) is 7.87. The average Bonchev–Trinajstić information content (AvgIpc) is 2.84. The predicted molar refractivity (Wildman–Crippen MR) is 103 cm³/mol. The number of carbonyl (C=O) groups excluding carboxylic acids is 1. The first kappa shape index (κ1) is 19.4. The molecule has 5 heteroatoms. The Morgan fingerprint density at radius 1 is 1.16 bits per heavy atom. The lowest BCUT2D eigenvalue weighted by Gasteiger charge is -2.20. The Balaban J connectivity index is 2.30. The van der Waals surface area contributed by atoms with Crippen molar-refractivity contribution in [2.45, 2.75) is 79.7 Å². The number of rotatable bonds is 6. The molecule has 0 bridgehead atoms. The number of unbranched alkanes of at least 4 members (excludes halogenated alkanes) is 1.